The van der Waals surface area contributed by atoms with Crippen LogP contribution < -0.4 is 0 Å². The quantitative estimate of drug-likeness (QED) is 0.657. The van der Waals surface area contributed by atoms with Crippen molar-refractivity contribution in [1.82, 2.24) is 4.90 Å². The topological polar surface area (TPSA) is 20.3 Å². The van der Waals surface area contributed by atoms with Crippen LogP contribution in [0.5, 0.6) is 0 Å². The van der Waals surface area contributed by atoms with Gasteiger partial charge < -0.3 is 4.90 Å². The number of hydrogen-bond donors (Lipinski definition) is 0. The Morgan fingerprint density at radius 3 is 2.85 bits per heavy atom. The highest BCUT2D eigenvalue weighted by atomic mass is 19.1. The number of halogens is 1. The Morgan fingerprint density at radius 2 is 2.31 bits per heavy atom. The van der Waals surface area contributed by atoms with Crippen LogP contribution in [0.1, 0.15) is 26.2 Å². The van der Waals surface area contributed by atoms with Crippen LogP contribution in [0.15, 0.2) is 12.4 Å². The molecule has 0 radical (unpaired) electrons. The fourth-order valence-electron chi connectivity index (χ4n) is 1.43. The number of carbonyl (C=O) groups is 1. The summed E-state index contributed by atoms with van der Waals surface area (Å²) in [6, 6.07) is 0. The molecule has 1 rings (SSSR count). The molecule has 1 saturated heterocycles. The van der Waals surface area contributed by atoms with Gasteiger partial charge in [-0.1, -0.05) is 13.3 Å². The molecule has 0 aliphatic carbocycles. The Hall–Kier alpha value is -0.860. The van der Waals surface area contributed by atoms with Crippen molar-refractivity contribution in [3.05, 3.63) is 12.4 Å². The van der Waals surface area contributed by atoms with E-state index in [2.05, 4.69) is 6.92 Å². The second-order valence-corrected chi connectivity index (χ2v) is 3.48. The summed E-state index contributed by atoms with van der Waals surface area (Å²) >= 11 is 0. The van der Waals surface area contributed by atoms with E-state index in [-0.39, 0.29) is 11.8 Å². The molecule has 1 amide bonds. The zero-order valence-corrected chi connectivity index (χ0v) is 8.00. The first-order valence-electron chi connectivity index (χ1n) is 4.82. The fourth-order valence-corrected chi connectivity index (χ4v) is 1.43. The molecule has 0 saturated carbocycles. The van der Waals surface area contributed by atoms with E-state index in [1.165, 1.54) is 6.08 Å². The predicted octanol–water partition coefficient (Wildman–Crippen LogP) is 2.12. The first kappa shape index (κ1) is 10.2. The molecule has 0 spiro atoms. The molecule has 0 unspecified atom stereocenters. The average molecular weight is 185 g/mol. The van der Waals surface area contributed by atoms with Crippen LogP contribution in [0.25, 0.3) is 0 Å². The van der Waals surface area contributed by atoms with Crippen LogP contribution in [-0.2, 0) is 4.79 Å². The van der Waals surface area contributed by atoms with E-state index in [0.717, 1.165) is 12.8 Å². The highest BCUT2D eigenvalue weighted by Gasteiger charge is 2.27. The molecule has 1 heterocycles. The summed E-state index contributed by atoms with van der Waals surface area (Å²) in [6.45, 7) is 3.46. The summed E-state index contributed by atoms with van der Waals surface area (Å²) in [4.78, 5) is 13.1. The van der Waals surface area contributed by atoms with Gasteiger partial charge in [0.1, 0.15) is 0 Å². The largest absolute Gasteiger partial charge is 0.341 e. The van der Waals surface area contributed by atoms with Gasteiger partial charge in [-0.25, -0.2) is 4.39 Å². The predicted molar refractivity (Wildman–Crippen MR) is 49.8 cm³/mol. The summed E-state index contributed by atoms with van der Waals surface area (Å²) in [5.74, 6) is 0.459. The number of hydrogen-bond acceptors (Lipinski definition) is 1. The molecule has 74 valence electrons. The molecule has 0 bridgehead atoms. The van der Waals surface area contributed by atoms with Crippen LogP contribution >= 0.6 is 0 Å². The minimum atomic E-state index is 0.213. The number of likely N-dealkylation sites (tertiary alicyclic amines) is 1. The standard InChI is InChI=1S/C10H16FNO/c1-2-3-4-10(13)12-7-9(8-12)5-6-11/h5-6,9H,2-4,7-8H2,1H3/b6-5-. The molecule has 0 aromatic carbocycles. The van der Waals surface area contributed by atoms with Crippen molar-refractivity contribution in [2.75, 3.05) is 13.1 Å². The van der Waals surface area contributed by atoms with Gasteiger partial charge in [0.05, 0.1) is 6.33 Å². The molecule has 0 aromatic heterocycles. The van der Waals surface area contributed by atoms with Crippen LogP contribution in [-0.4, -0.2) is 23.9 Å². The number of unbranched alkanes of at least 4 members (excludes halogenated alkanes) is 1. The highest BCUT2D eigenvalue weighted by Crippen LogP contribution is 2.18. The number of carbonyl (C=O) groups excluding carboxylic acids is 1. The Balaban J connectivity index is 2.15. The maximum atomic E-state index is 11.7. The van der Waals surface area contributed by atoms with E-state index < -0.39 is 0 Å². The van der Waals surface area contributed by atoms with Gasteiger partial charge in [-0.05, 0) is 12.5 Å². The van der Waals surface area contributed by atoms with E-state index in [1.807, 2.05) is 0 Å². The Morgan fingerprint density at radius 1 is 1.62 bits per heavy atom. The molecule has 2 nitrogen and oxygen atoms in total. The van der Waals surface area contributed by atoms with Gasteiger partial charge in [-0.2, -0.15) is 0 Å². The van der Waals surface area contributed by atoms with Crippen molar-refractivity contribution in [1.29, 1.82) is 0 Å². The normalized spacial score (nSPS) is 17.8. The molecule has 0 atom stereocenters. The minimum Gasteiger partial charge on any atom is -0.341 e. The fraction of sp³-hybridized carbons (Fsp3) is 0.700. The number of amides is 1. The van der Waals surface area contributed by atoms with E-state index in [1.54, 1.807) is 4.90 Å². The lowest BCUT2D eigenvalue weighted by Gasteiger charge is -2.37. The third kappa shape index (κ3) is 2.83. The van der Waals surface area contributed by atoms with Crippen LogP contribution in [0, 0.1) is 5.92 Å². The lowest BCUT2D eigenvalue weighted by atomic mass is 10.00. The van der Waals surface area contributed by atoms with Crippen molar-refractivity contribution in [2.45, 2.75) is 26.2 Å². The Bertz CT molecular complexity index is 197. The van der Waals surface area contributed by atoms with Gasteiger partial charge in [-0.15, -0.1) is 0 Å². The van der Waals surface area contributed by atoms with E-state index in [9.17, 15) is 9.18 Å². The zero-order chi connectivity index (χ0) is 9.68. The lowest BCUT2D eigenvalue weighted by Crippen LogP contribution is -2.49. The Labute approximate surface area is 78.4 Å². The van der Waals surface area contributed by atoms with E-state index in [0.29, 0.717) is 25.8 Å². The molecule has 1 fully saturated rings. The maximum Gasteiger partial charge on any atom is 0.222 e. The van der Waals surface area contributed by atoms with Crippen molar-refractivity contribution in [2.24, 2.45) is 5.92 Å². The van der Waals surface area contributed by atoms with Gasteiger partial charge in [0.15, 0.2) is 0 Å². The number of rotatable bonds is 4. The van der Waals surface area contributed by atoms with Gasteiger partial charge >= 0.3 is 0 Å². The third-order valence-corrected chi connectivity index (χ3v) is 2.35. The summed E-state index contributed by atoms with van der Waals surface area (Å²) in [6.07, 6.45) is 4.73. The van der Waals surface area contributed by atoms with Gasteiger partial charge in [0.2, 0.25) is 5.91 Å². The van der Waals surface area contributed by atoms with Crippen molar-refractivity contribution in [3.63, 3.8) is 0 Å². The SMILES string of the molecule is CCCCC(=O)N1CC(/C=C\F)C1. The molecule has 0 N–H and O–H groups in total. The van der Waals surface area contributed by atoms with Crippen molar-refractivity contribution < 1.29 is 9.18 Å². The summed E-state index contributed by atoms with van der Waals surface area (Å²) in [5.41, 5.74) is 0. The van der Waals surface area contributed by atoms with Gasteiger partial charge in [-0.3, -0.25) is 4.79 Å². The van der Waals surface area contributed by atoms with Crippen molar-refractivity contribution >= 4 is 5.91 Å². The van der Waals surface area contributed by atoms with Gasteiger partial charge in [0.25, 0.3) is 0 Å². The maximum absolute atomic E-state index is 11.7. The van der Waals surface area contributed by atoms with Crippen LogP contribution in [0.2, 0.25) is 0 Å². The molecule has 0 aromatic rings. The molecule has 13 heavy (non-hydrogen) atoms. The summed E-state index contributed by atoms with van der Waals surface area (Å²) in [5, 5.41) is 0. The van der Waals surface area contributed by atoms with E-state index >= 15 is 0 Å². The first-order chi connectivity index (χ1) is 6.27. The van der Waals surface area contributed by atoms with Crippen LogP contribution in [0.3, 0.4) is 0 Å². The molecule has 1 aliphatic heterocycles. The Kier molecular flexibility index (Phi) is 3.93. The highest BCUT2D eigenvalue weighted by molar-refractivity contribution is 5.77. The van der Waals surface area contributed by atoms with Crippen LogP contribution in [0.4, 0.5) is 4.39 Å². The second-order valence-electron chi connectivity index (χ2n) is 3.48. The number of nitrogens with zero attached hydrogens (tertiary/aromatic N) is 1. The average Bonchev–Trinajstić information content (AvgIpc) is 2.06. The lowest BCUT2D eigenvalue weighted by molar-refractivity contribution is -0.136. The summed E-state index contributed by atoms with van der Waals surface area (Å²) in [7, 11) is 0. The monoisotopic (exact) mass is 185 g/mol. The minimum absolute atomic E-state index is 0.213. The van der Waals surface area contributed by atoms with Crippen molar-refractivity contribution in [3.8, 4) is 0 Å². The molecular weight excluding hydrogens is 169 g/mol. The summed E-state index contributed by atoms with van der Waals surface area (Å²) < 4.78 is 11.7. The second kappa shape index (κ2) is 5.00. The zero-order valence-electron chi connectivity index (χ0n) is 8.00. The molecule has 3 heteroatoms. The van der Waals surface area contributed by atoms with Gasteiger partial charge in [0, 0.05) is 25.4 Å². The smallest absolute Gasteiger partial charge is 0.222 e. The first-order valence-corrected chi connectivity index (χ1v) is 4.82. The molecular formula is C10H16FNO. The third-order valence-electron chi connectivity index (χ3n) is 2.35. The molecule has 1 aliphatic rings. The van der Waals surface area contributed by atoms with E-state index in [4.69, 9.17) is 0 Å².